The minimum absolute atomic E-state index is 0.210. The van der Waals surface area contributed by atoms with Crippen LogP contribution in [0, 0.1) is 17.2 Å². The summed E-state index contributed by atoms with van der Waals surface area (Å²) in [5.74, 6) is -1.30. The Morgan fingerprint density at radius 2 is 2.10 bits per heavy atom. The zero-order valence-electron chi connectivity index (χ0n) is 10.9. The van der Waals surface area contributed by atoms with Crippen molar-refractivity contribution in [2.24, 2.45) is 5.92 Å². The van der Waals surface area contributed by atoms with E-state index in [1.54, 1.807) is 31.2 Å². The molecule has 1 saturated heterocycles. The maximum absolute atomic E-state index is 12.0. The van der Waals surface area contributed by atoms with Crippen LogP contribution in [0.15, 0.2) is 24.3 Å². The minimum Gasteiger partial charge on any atom is -0.481 e. The highest BCUT2D eigenvalue weighted by Gasteiger charge is 2.37. The van der Waals surface area contributed by atoms with Gasteiger partial charge in [0.15, 0.2) is 6.10 Å². The molecule has 1 aromatic rings. The number of hydrogen-bond acceptors (Lipinski definition) is 4. The number of rotatable bonds is 4. The maximum atomic E-state index is 12.0. The normalized spacial score (nSPS) is 15.9. The van der Waals surface area contributed by atoms with Gasteiger partial charge in [0.05, 0.1) is 11.5 Å². The van der Waals surface area contributed by atoms with Crippen LogP contribution in [0.25, 0.3) is 0 Å². The Morgan fingerprint density at radius 1 is 1.45 bits per heavy atom. The van der Waals surface area contributed by atoms with Gasteiger partial charge in [-0.25, -0.2) is 0 Å². The molecular formula is C14H14N2O4. The van der Waals surface area contributed by atoms with Gasteiger partial charge in [-0.3, -0.25) is 9.59 Å². The fourth-order valence-electron chi connectivity index (χ4n) is 1.97. The number of ether oxygens (including phenoxy) is 1. The van der Waals surface area contributed by atoms with E-state index in [0.717, 1.165) is 0 Å². The van der Waals surface area contributed by atoms with Crippen molar-refractivity contribution in [3.63, 3.8) is 0 Å². The van der Waals surface area contributed by atoms with E-state index in [4.69, 9.17) is 15.1 Å². The fraction of sp³-hybridized carbons (Fsp3) is 0.357. The van der Waals surface area contributed by atoms with Gasteiger partial charge in [-0.05, 0) is 19.1 Å². The van der Waals surface area contributed by atoms with Crippen molar-refractivity contribution in [2.45, 2.75) is 13.0 Å². The number of carboxylic acid groups (broad SMARTS) is 1. The number of carboxylic acids is 1. The molecule has 104 valence electrons. The Hall–Kier alpha value is -2.55. The molecule has 1 aliphatic heterocycles. The van der Waals surface area contributed by atoms with E-state index in [1.165, 1.54) is 4.90 Å². The van der Waals surface area contributed by atoms with Crippen LogP contribution in [-0.4, -0.2) is 41.1 Å². The second-order valence-corrected chi connectivity index (χ2v) is 4.65. The van der Waals surface area contributed by atoms with Gasteiger partial charge in [0.1, 0.15) is 11.8 Å². The molecule has 1 atom stereocenters. The van der Waals surface area contributed by atoms with Gasteiger partial charge < -0.3 is 14.7 Å². The predicted molar refractivity (Wildman–Crippen MR) is 69.0 cm³/mol. The van der Waals surface area contributed by atoms with Gasteiger partial charge in [-0.2, -0.15) is 5.26 Å². The summed E-state index contributed by atoms with van der Waals surface area (Å²) in [7, 11) is 0. The van der Waals surface area contributed by atoms with E-state index in [2.05, 4.69) is 0 Å². The second kappa shape index (κ2) is 5.61. The lowest BCUT2D eigenvalue weighted by Gasteiger charge is -2.38. The van der Waals surface area contributed by atoms with Gasteiger partial charge in [0.25, 0.3) is 5.91 Å². The third-order valence-electron chi connectivity index (χ3n) is 3.20. The Kier molecular flexibility index (Phi) is 3.89. The number of nitriles is 1. The van der Waals surface area contributed by atoms with Gasteiger partial charge >= 0.3 is 5.97 Å². The number of benzene rings is 1. The Balaban J connectivity index is 1.96. The van der Waals surface area contributed by atoms with E-state index in [9.17, 15) is 9.59 Å². The van der Waals surface area contributed by atoms with Crippen molar-refractivity contribution in [1.82, 2.24) is 4.90 Å². The van der Waals surface area contributed by atoms with Gasteiger partial charge in [-0.15, -0.1) is 0 Å². The average Bonchev–Trinajstić information content (AvgIpc) is 2.36. The molecular weight excluding hydrogens is 260 g/mol. The summed E-state index contributed by atoms with van der Waals surface area (Å²) in [4.78, 5) is 24.2. The molecule has 6 nitrogen and oxygen atoms in total. The number of hydrogen-bond donors (Lipinski definition) is 1. The molecule has 1 fully saturated rings. The van der Waals surface area contributed by atoms with Crippen LogP contribution >= 0.6 is 0 Å². The zero-order chi connectivity index (χ0) is 14.7. The molecule has 0 radical (unpaired) electrons. The summed E-state index contributed by atoms with van der Waals surface area (Å²) < 4.78 is 5.49. The number of nitrogens with zero attached hydrogens (tertiary/aromatic N) is 2. The first-order valence-electron chi connectivity index (χ1n) is 6.20. The lowest BCUT2D eigenvalue weighted by Crippen LogP contribution is -2.56. The Labute approximate surface area is 116 Å². The summed E-state index contributed by atoms with van der Waals surface area (Å²) in [6, 6.07) is 8.66. The van der Waals surface area contributed by atoms with E-state index in [0.29, 0.717) is 11.3 Å². The number of aliphatic carboxylic acids is 1. The highest BCUT2D eigenvalue weighted by atomic mass is 16.5. The largest absolute Gasteiger partial charge is 0.481 e. The molecule has 0 spiro atoms. The molecule has 0 aromatic heterocycles. The number of likely N-dealkylation sites (tertiary alicyclic amines) is 1. The number of carbonyl (C=O) groups excluding carboxylic acids is 1. The zero-order valence-corrected chi connectivity index (χ0v) is 10.9. The molecule has 0 bridgehead atoms. The average molecular weight is 274 g/mol. The lowest BCUT2D eigenvalue weighted by molar-refractivity contribution is -0.155. The Bertz CT molecular complexity index is 573. The molecule has 1 aromatic carbocycles. The number of carbonyl (C=O) groups is 2. The summed E-state index contributed by atoms with van der Waals surface area (Å²) in [5.41, 5.74) is 0.360. The highest BCUT2D eigenvalue weighted by molar-refractivity contribution is 5.84. The van der Waals surface area contributed by atoms with Crippen molar-refractivity contribution < 1.29 is 19.4 Å². The predicted octanol–water partition coefficient (Wildman–Crippen LogP) is 0.869. The number of para-hydroxylation sites is 1. The van der Waals surface area contributed by atoms with Crippen LogP contribution in [0.5, 0.6) is 5.75 Å². The van der Waals surface area contributed by atoms with Crippen molar-refractivity contribution >= 4 is 11.9 Å². The topological polar surface area (TPSA) is 90.6 Å². The fourth-order valence-corrected chi connectivity index (χ4v) is 1.97. The summed E-state index contributed by atoms with van der Waals surface area (Å²) in [6.45, 7) is 2.01. The molecule has 0 saturated carbocycles. The first-order valence-corrected chi connectivity index (χ1v) is 6.20. The second-order valence-electron chi connectivity index (χ2n) is 4.65. The van der Waals surface area contributed by atoms with E-state index >= 15 is 0 Å². The van der Waals surface area contributed by atoms with Crippen LogP contribution in [0.2, 0.25) is 0 Å². The quantitative estimate of drug-likeness (QED) is 0.879. The van der Waals surface area contributed by atoms with Crippen LogP contribution in [0.3, 0.4) is 0 Å². The third kappa shape index (κ3) is 2.72. The number of amides is 1. The molecule has 0 aliphatic carbocycles. The van der Waals surface area contributed by atoms with E-state index in [-0.39, 0.29) is 19.0 Å². The Morgan fingerprint density at radius 3 is 2.70 bits per heavy atom. The molecule has 20 heavy (non-hydrogen) atoms. The third-order valence-corrected chi connectivity index (χ3v) is 3.20. The minimum atomic E-state index is -0.891. The molecule has 1 N–H and O–H groups in total. The van der Waals surface area contributed by atoms with Crippen LogP contribution < -0.4 is 4.74 Å². The monoisotopic (exact) mass is 274 g/mol. The lowest BCUT2D eigenvalue weighted by atomic mass is 10.00. The first-order chi connectivity index (χ1) is 9.52. The molecule has 1 amide bonds. The molecule has 2 rings (SSSR count). The maximum Gasteiger partial charge on any atom is 0.310 e. The SMILES string of the molecule is CC(Oc1ccccc1C#N)C(=O)N1CC(C(=O)O)C1. The molecule has 1 heterocycles. The molecule has 1 unspecified atom stereocenters. The summed E-state index contributed by atoms with van der Waals surface area (Å²) in [6.07, 6.45) is -0.751. The molecule has 6 heteroatoms. The van der Waals surface area contributed by atoms with Crippen LogP contribution in [-0.2, 0) is 9.59 Å². The van der Waals surface area contributed by atoms with E-state index in [1.807, 2.05) is 6.07 Å². The van der Waals surface area contributed by atoms with Gasteiger partial charge in [0.2, 0.25) is 0 Å². The smallest absolute Gasteiger partial charge is 0.310 e. The van der Waals surface area contributed by atoms with Crippen molar-refractivity contribution in [3.8, 4) is 11.8 Å². The highest BCUT2D eigenvalue weighted by Crippen LogP contribution is 2.21. The van der Waals surface area contributed by atoms with Crippen molar-refractivity contribution in [3.05, 3.63) is 29.8 Å². The molecule has 1 aliphatic rings. The van der Waals surface area contributed by atoms with E-state index < -0.39 is 18.0 Å². The van der Waals surface area contributed by atoms with Crippen molar-refractivity contribution in [2.75, 3.05) is 13.1 Å². The van der Waals surface area contributed by atoms with Gasteiger partial charge in [-0.1, -0.05) is 12.1 Å². The van der Waals surface area contributed by atoms with Gasteiger partial charge in [0, 0.05) is 13.1 Å². The van der Waals surface area contributed by atoms with Crippen LogP contribution in [0.1, 0.15) is 12.5 Å². The first kappa shape index (κ1) is 13.9. The van der Waals surface area contributed by atoms with Crippen molar-refractivity contribution in [1.29, 1.82) is 5.26 Å². The van der Waals surface area contributed by atoms with Crippen LogP contribution in [0.4, 0.5) is 0 Å². The summed E-state index contributed by atoms with van der Waals surface area (Å²) >= 11 is 0. The summed E-state index contributed by atoms with van der Waals surface area (Å²) in [5, 5.41) is 17.7. The standard InChI is InChI=1S/C14H14N2O4/c1-9(13(17)16-7-11(8-16)14(18)19)20-12-5-3-2-4-10(12)6-15/h2-5,9,11H,7-8H2,1H3,(H,18,19).